The number of benzene rings is 1. The minimum atomic E-state index is 0. The first kappa shape index (κ1) is 23.4. The minimum absolute atomic E-state index is 0. The smallest absolute Gasteiger partial charge is 0.191 e. The van der Waals surface area contributed by atoms with E-state index in [0.717, 1.165) is 32.0 Å². The van der Waals surface area contributed by atoms with Gasteiger partial charge in [-0.2, -0.15) is 11.8 Å². The van der Waals surface area contributed by atoms with Crippen LogP contribution in [0.4, 0.5) is 5.69 Å². The average Bonchev–Trinajstić information content (AvgIpc) is 2.53. The van der Waals surface area contributed by atoms with Crippen molar-refractivity contribution in [2.24, 2.45) is 4.99 Å². The number of thioether (sulfide) groups is 1. The maximum absolute atomic E-state index is 4.69. The van der Waals surface area contributed by atoms with Crippen LogP contribution >= 0.6 is 35.7 Å². The van der Waals surface area contributed by atoms with Gasteiger partial charge in [0, 0.05) is 37.6 Å². The fourth-order valence-corrected chi connectivity index (χ4v) is 2.16. The van der Waals surface area contributed by atoms with E-state index >= 15 is 0 Å². The van der Waals surface area contributed by atoms with Crippen molar-refractivity contribution in [3.63, 3.8) is 0 Å². The maximum atomic E-state index is 4.69. The molecule has 0 amide bonds. The molecule has 0 heterocycles. The number of nitrogens with one attached hydrogen (secondary N) is 2. The summed E-state index contributed by atoms with van der Waals surface area (Å²) in [5, 5.41) is 6.73. The Kier molecular flexibility index (Phi) is 11.5. The fourth-order valence-electron chi connectivity index (χ4n) is 1.96. The second kappa shape index (κ2) is 11.8. The Morgan fingerprint density at radius 2 is 1.79 bits per heavy atom. The number of anilines is 1. The summed E-state index contributed by atoms with van der Waals surface area (Å²) in [7, 11) is 4.12. The molecule has 6 heteroatoms. The molecule has 24 heavy (non-hydrogen) atoms. The Morgan fingerprint density at radius 1 is 1.17 bits per heavy atom. The third kappa shape index (κ3) is 9.01. The number of halogens is 1. The monoisotopic (exact) mass is 464 g/mol. The molecule has 2 N–H and O–H groups in total. The summed E-state index contributed by atoms with van der Waals surface area (Å²) in [6.07, 6.45) is 3.12. The van der Waals surface area contributed by atoms with Crippen molar-refractivity contribution in [2.75, 3.05) is 44.9 Å². The highest BCUT2D eigenvalue weighted by Gasteiger charge is 2.15. The van der Waals surface area contributed by atoms with Crippen LogP contribution in [0.2, 0.25) is 0 Å². The van der Waals surface area contributed by atoms with Crippen molar-refractivity contribution in [3.05, 3.63) is 29.8 Å². The highest BCUT2D eigenvalue weighted by atomic mass is 127. The summed E-state index contributed by atoms with van der Waals surface area (Å²) in [6, 6.07) is 8.71. The summed E-state index contributed by atoms with van der Waals surface area (Å²) >= 11 is 1.84. The van der Waals surface area contributed by atoms with Gasteiger partial charge in [-0.3, -0.25) is 4.99 Å². The largest absolute Gasteiger partial charge is 0.378 e. The van der Waals surface area contributed by atoms with E-state index in [9.17, 15) is 0 Å². The molecule has 0 aliphatic carbocycles. The molecule has 0 aliphatic heterocycles. The standard InChI is InChI=1S/C18H32N4S.HI/c1-7-19-17(21-14-18(2,3)23-6)20-13-12-15-8-10-16(11-9-15)22(4)5;/h8-11H,7,12-14H2,1-6H3,(H2,19,20,21);1H. The Balaban J connectivity index is 0.00000529. The minimum Gasteiger partial charge on any atom is -0.378 e. The lowest BCUT2D eigenvalue weighted by Gasteiger charge is -2.20. The van der Waals surface area contributed by atoms with E-state index in [0.29, 0.717) is 0 Å². The molecule has 0 spiro atoms. The zero-order chi connectivity index (χ0) is 17.3. The molecule has 0 radical (unpaired) electrons. The predicted molar refractivity (Wildman–Crippen MR) is 121 cm³/mol. The Bertz CT molecular complexity index is 486. The van der Waals surface area contributed by atoms with Gasteiger partial charge in [0.1, 0.15) is 0 Å². The molecule has 0 fully saturated rings. The van der Waals surface area contributed by atoms with Crippen LogP contribution in [0.5, 0.6) is 0 Å². The first-order valence-corrected chi connectivity index (χ1v) is 9.44. The zero-order valence-electron chi connectivity index (χ0n) is 15.8. The molecule has 0 atom stereocenters. The van der Waals surface area contributed by atoms with Gasteiger partial charge >= 0.3 is 0 Å². The molecule has 1 rings (SSSR count). The lowest BCUT2D eigenvalue weighted by atomic mass is 10.1. The molecule has 1 aromatic rings. The van der Waals surface area contributed by atoms with Gasteiger partial charge in [0.2, 0.25) is 0 Å². The van der Waals surface area contributed by atoms with Crippen LogP contribution in [0.3, 0.4) is 0 Å². The van der Waals surface area contributed by atoms with E-state index < -0.39 is 0 Å². The molecule has 0 aliphatic rings. The van der Waals surface area contributed by atoms with Crippen molar-refractivity contribution >= 4 is 47.4 Å². The zero-order valence-corrected chi connectivity index (χ0v) is 19.0. The van der Waals surface area contributed by atoms with E-state index in [4.69, 9.17) is 4.99 Å². The third-order valence-electron chi connectivity index (χ3n) is 3.67. The number of guanidine groups is 1. The Morgan fingerprint density at radius 3 is 2.29 bits per heavy atom. The van der Waals surface area contributed by atoms with Crippen LogP contribution in [0.25, 0.3) is 0 Å². The van der Waals surface area contributed by atoms with Crippen molar-refractivity contribution in [1.82, 2.24) is 10.6 Å². The number of hydrogen-bond acceptors (Lipinski definition) is 3. The number of rotatable bonds is 8. The predicted octanol–water partition coefficient (Wildman–Crippen LogP) is 3.61. The molecule has 0 saturated carbocycles. The Hall–Kier alpha value is -0.630. The molecule has 0 bridgehead atoms. The SMILES string of the molecule is CCNC(=NCC(C)(C)SC)NCCc1ccc(N(C)C)cc1.I. The topological polar surface area (TPSA) is 39.7 Å². The molecule has 0 aromatic heterocycles. The normalized spacial score (nSPS) is 11.7. The molecule has 4 nitrogen and oxygen atoms in total. The van der Waals surface area contributed by atoms with Crippen LogP contribution in [-0.4, -0.2) is 50.7 Å². The first-order valence-electron chi connectivity index (χ1n) is 8.21. The van der Waals surface area contributed by atoms with Crippen LogP contribution in [0.15, 0.2) is 29.3 Å². The average molecular weight is 464 g/mol. The number of aliphatic imine (C=N–C) groups is 1. The Labute approximate surface area is 169 Å². The van der Waals surface area contributed by atoms with E-state index in [-0.39, 0.29) is 28.7 Å². The van der Waals surface area contributed by atoms with Gasteiger partial charge in [-0.05, 0) is 51.1 Å². The molecular formula is C18H33IN4S. The van der Waals surface area contributed by atoms with Gasteiger partial charge in [-0.15, -0.1) is 24.0 Å². The van der Waals surface area contributed by atoms with Crippen LogP contribution < -0.4 is 15.5 Å². The van der Waals surface area contributed by atoms with Gasteiger partial charge in [-0.25, -0.2) is 0 Å². The van der Waals surface area contributed by atoms with Crippen LogP contribution in [0.1, 0.15) is 26.3 Å². The van der Waals surface area contributed by atoms with E-state index in [1.54, 1.807) is 0 Å². The van der Waals surface area contributed by atoms with Gasteiger partial charge < -0.3 is 15.5 Å². The van der Waals surface area contributed by atoms with Crippen LogP contribution in [0, 0.1) is 0 Å². The highest BCUT2D eigenvalue weighted by molar-refractivity contribution is 14.0. The third-order valence-corrected chi connectivity index (χ3v) is 4.91. The highest BCUT2D eigenvalue weighted by Crippen LogP contribution is 2.20. The van der Waals surface area contributed by atoms with Crippen LogP contribution in [-0.2, 0) is 6.42 Å². The molecule has 0 saturated heterocycles. The van der Waals surface area contributed by atoms with E-state index in [2.05, 4.69) is 80.9 Å². The van der Waals surface area contributed by atoms with Gasteiger partial charge in [-0.1, -0.05) is 12.1 Å². The molecule has 1 aromatic carbocycles. The van der Waals surface area contributed by atoms with Crippen molar-refractivity contribution in [3.8, 4) is 0 Å². The number of hydrogen-bond donors (Lipinski definition) is 2. The summed E-state index contributed by atoms with van der Waals surface area (Å²) < 4.78 is 0.171. The number of nitrogens with zero attached hydrogens (tertiary/aromatic N) is 2. The summed E-state index contributed by atoms with van der Waals surface area (Å²) in [6.45, 7) is 9.10. The van der Waals surface area contributed by atoms with Crippen molar-refractivity contribution < 1.29 is 0 Å². The second-order valence-corrected chi connectivity index (χ2v) is 7.91. The second-order valence-electron chi connectivity index (χ2n) is 6.40. The van der Waals surface area contributed by atoms with Gasteiger partial charge in [0.15, 0.2) is 5.96 Å². The van der Waals surface area contributed by atoms with Gasteiger partial charge in [0.25, 0.3) is 0 Å². The van der Waals surface area contributed by atoms with Gasteiger partial charge in [0.05, 0.1) is 6.54 Å². The first-order chi connectivity index (χ1) is 10.9. The van der Waals surface area contributed by atoms with Crippen molar-refractivity contribution in [2.45, 2.75) is 31.9 Å². The maximum Gasteiger partial charge on any atom is 0.191 e. The summed E-state index contributed by atoms with van der Waals surface area (Å²) in [4.78, 5) is 6.81. The van der Waals surface area contributed by atoms with E-state index in [1.165, 1.54) is 11.3 Å². The summed E-state index contributed by atoms with van der Waals surface area (Å²) in [5.74, 6) is 0.902. The summed E-state index contributed by atoms with van der Waals surface area (Å²) in [5.41, 5.74) is 2.57. The fraction of sp³-hybridized carbons (Fsp3) is 0.611. The quantitative estimate of drug-likeness (QED) is 0.350. The van der Waals surface area contributed by atoms with E-state index in [1.807, 2.05) is 11.8 Å². The molecule has 0 unspecified atom stereocenters. The molecule has 138 valence electrons. The molecular weight excluding hydrogens is 431 g/mol. The lowest BCUT2D eigenvalue weighted by Crippen LogP contribution is -2.39. The van der Waals surface area contributed by atoms with Crippen molar-refractivity contribution in [1.29, 1.82) is 0 Å². The lowest BCUT2D eigenvalue weighted by molar-refractivity contribution is 0.710.